The molecule has 2 atom stereocenters. The fraction of sp³-hybridized carbons (Fsp3) is 1.00. The molecule has 2 fully saturated rings. The van der Waals surface area contributed by atoms with Gasteiger partial charge in [0.1, 0.15) is 0 Å². The van der Waals surface area contributed by atoms with Crippen molar-refractivity contribution in [3.8, 4) is 0 Å². The van der Waals surface area contributed by atoms with Crippen molar-refractivity contribution in [3.63, 3.8) is 0 Å². The van der Waals surface area contributed by atoms with Gasteiger partial charge in [-0.25, -0.2) is 0 Å². The number of nitrogens with zero attached hydrogens (tertiary/aromatic N) is 2. The van der Waals surface area contributed by atoms with E-state index in [1.807, 2.05) is 0 Å². The van der Waals surface area contributed by atoms with Crippen LogP contribution in [-0.2, 0) is 0 Å². The zero-order valence-corrected chi connectivity index (χ0v) is 10.4. The van der Waals surface area contributed by atoms with Crippen LogP contribution in [0, 0.1) is 0 Å². The van der Waals surface area contributed by atoms with Crippen molar-refractivity contribution in [2.24, 2.45) is 0 Å². The Balaban J connectivity index is 1.63. The molecule has 2 rings (SSSR count). The van der Waals surface area contributed by atoms with E-state index in [1.54, 1.807) is 0 Å². The first kappa shape index (κ1) is 11.4. The van der Waals surface area contributed by atoms with E-state index in [4.69, 9.17) is 0 Å². The molecule has 2 aliphatic rings. The van der Waals surface area contributed by atoms with Crippen molar-refractivity contribution >= 4 is 0 Å². The number of rotatable bonds is 5. The molecule has 0 aromatic heterocycles. The van der Waals surface area contributed by atoms with E-state index in [-0.39, 0.29) is 0 Å². The second kappa shape index (κ2) is 5.31. The summed E-state index contributed by atoms with van der Waals surface area (Å²) < 4.78 is 0. The molecule has 0 N–H and O–H groups in total. The van der Waals surface area contributed by atoms with E-state index in [0.29, 0.717) is 0 Å². The van der Waals surface area contributed by atoms with Gasteiger partial charge in [-0.2, -0.15) is 0 Å². The molecule has 2 saturated heterocycles. The highest BCUT2D eigenvalue weighted by Gasteiger charge is 2.22. The summed E-state index contributed by atoms with van der Waals surface area (Å²) in [7, 11) is 0. The van der Waals surface area contributed by atoms with E-state index >= 15 is 0 Å². The van der Waals surface area contributed by atoms with Gasteiger partial charge in [0.2, 0.25) is 0 Å². The van der Waals surface area contributed by atoms with Crippen LogP contribution in [0.2, 0.25) is 0 Å². The molecule has 0 spiro atoms. The molecule has 2 heterocycles. The van der Waals surface area contributed by atoms with Crippen LogP contribution >= 0.6 is 0 Å². The topological polar surface area (TPSA) is 6.48 Å². The average Bonchev–Trinajstić information content (AvgIpc) is 2.63. The molecular weight excluding hydrogens is 184 g/mol. The first-order valence-electron chi connectivity index (χ1n) is 6.75. The van der Waals surface area contributed by atoms with Gasteiger partial charge in [-0.3, -0.25) is 0 Å². The van der Waals surface area contributed by atoms with Gasteiger partial charge in [-0.1, -0.05) is 0 Å². The minimum absolute atomic E-state index is 0.816. The molecule has 0 aliphatic carbocycles. The summed E-state index contributed by atoms with van der Waals surface area (Å²) in [6, 6.07) is 1.64. The smallest absolute Gasteiger partial charge is 0.00675 e. The van der Waals surface area contributed by atoms with Crippen LogP contribution in [0.5, 0.6) is 0 Å². The first-order valence-corrected chi connectivity index (χ1v) is 6.75. The maximum atomic E-state index is 2.67. The first-order chi connectivity index (χ1) is 7.27. The lowest BCUT2D eigenvalue weighted by Gasteiger charge is -2.37. The third kappa shape index (κ3) is 2.94. The second-order valence-electron chi connectivity index (χ2n) is 5.41. The lowest BCUT2D eigenvalue weighted by Crippen LogP contribution is -2.44. The van der Waals surface area contributed by atoms with Crippen LogP contribution < -0.4 is 0 Å². The summed E-state index contributed by atoms with van der Waals surface area (Å²) in [4.78, 5) is 5.29. The van der Waals surface area contributed by atoms with Crippen LogP contribution in [0.1, 0.15) is 46.0 Å². The van der Waals surface area contributed by atoms with E-state index in [1.165, 1.54) is 58.3 Å². The molecule has 15 heavy (non-hydrogen) atoms. The lowest BCUT2D eigenvalue weighted by atomic mass is 10.0. The fourth-order valence-corrected chi connectivity index (χ4v) is 2.81. The summed E-state index contributed by atoms with van der Waals surface area (Å²) in [6.07, 6.45) is 7.04. The van der Waals surface area contributed by atoms with Gasteiger partial charge in [-0.15, -0.1) is 0 Å². The van der Waals surface area contributed by atoms with Gasteiger partial charge in [0, 0.05) is 12.1 Å². The van der Waals surface area contributed by atoms with Gasteiger partial charge in [-0.05, 0) is 72.1 Å². The lowest BCUT2D eigenvalue weighted by molar-refractivity contribution is 0.113. The Morgan fingerprint density at radius 1 is 0.733 bits per heavy atom. The van der Waals surface area contributed by atoms with E-state index in [9.17, 15) is 0 Å². The summed E-state index contributed by atoms with van der Waals surface area (Å²) >= 11 is 0. The van der Waals surface area contributed by atoms with Gasteiger partial charge in [0.05, 0.1) is 0 Å². The molecule has 0 aromatic carbocycles. The molecule has 0 bridgehead atoms. The van der Waals surface area contributed by atoms with Gasteiger partial charge < -0.3 is 9.80 Å². The Bertz CT molecular complexity index is 183. The van der Waals surface area contributed by atoms with Crippen molar-refractivity contribution in [1.82, 2.24) is 9.80 Å². The SMILES string of the molecule is CC(CCC(C)N1CCC1)N1CCCC1. The number of hydrogen-bond acceptors (Lipinski definition) is 2. The van der Waals surface area contributed by atoms with Crippen molar-refractivity contribution in [3.05, 3.63) is 0 Å². The normalized spacial score (nSPS) is 27.6. The minimum Gasteiger partial charge on any atom is -0.301 e. The summed E-state index contributed by atoms with van der Waals surface area (Å²) in [6.45, 7) is 10.2. The molecule has 0 aromatic rings. The standard InChI is InChI=1S/C13H26N2/c1-12(14-8-3-4-9-14)6-7-13(2)15-10-5-11-15/h12-13H,3-11H2,1-2H3. The molecule has 2 aliphatic heterocycles. The van der Waals surface area contributed by atoms with Crippen LogP contribution in [0.3, 0.4) is 0 Å². The monoisotopic (exact) mass is 210 g/mol. The Morgan fingerprint density at radius 2 is 1.13 bits per heavy atom. The Labute approximate surface area is 94.6 Å². The maximum Gasteiger partial charge on any atom is 0.00675 e. The number of likely N-dealkylation sites (tertiary alicyclic amines) is 2. The van der Waals surface area contributed by atoms with Crippen molar-refractivity contribution in [1.29, 1.82) is 0 Å². The summed E-state index contributed by atoms with van der Waals surface area (Å²) in [5, 5.41) is 0. The third-order valence-electron chi connectivity index (χ3n) is 4.28. The Kier molecular flexibility index (Phi) is 4.04. The molecule has 0 radical (unpaired) electrons. The average molecular weight is 210 g/mol. The largest absolute Gasteiger partial charge is 0.301 e. The van der Waals surface area contributed by atoms with Crippen molar-refractivity contribution in [2.75, 3.05) is 26.2 Å². The van der Waals surface area contributed by atoms with Crippen molar-refractivity contribution in [2.45, 2.75) is 58.0 Å². The zero-order chi connectivity index (χ0) is 10.7. The summed E-state index contributed by atoms with van der Waals surface area (Å²) in [5.41, 5.74) is 0. The van der Waals surface area contributed by atoms with Crippen molar-refractivity contribution < 1.29 is 0 Å². The third-order valence-corrected chi connectivity index (χ3v) is 4.28. The fourth-order valence-electron chi connectivity index (χ4n) is 2.81. The molecule has 2 nitrogen and oxygen atoms in total. The van der Waals surface area contributed by atoms with Crippen LogP contribution in [0.15, 0.2) is 0 Å². The highest BCUT2D eigenvalue weighted by Crippen LogP contribution is 2.19. The zero-order valence-electron chi connectivity index (χ0n) is 10.4. The molecule has 88 valence electrons. The van der Waals surface area contributed by atoms with Gasteiger partial charge >= 0.3 is 0 Å². The molecular formula is C13H26N2. The van der Waals surface area contributed by atoms with Gasteiger partial charge in [0.25, 0.3) is 0 Å². The van der Waals surface area contributed by atoms with E-state index < -0.39 is 0 Å². The minimum atomic E-state index is 0.816. The van der Waals surface area contributed by atoms with E-state index in [2.05, 4.69) is 23.6 Å². The van der Waals surface area contributed by atoms with Crippen LogP contribution in [0.25, 0.3) is 0 Å². The molecule has 2 unspecified atom stereocenters. The predicted octanol–water partition coefficient (Wildman–Crippen LogP) is 2.35. The number of hydrogen-bond donors (Lipinski definition) is 0. The highest BCUT2D eigenvalue weighted by molar-refractivity contribution is 4.78. The summed E-state index contributed by atoms with van der Waals surface area (Å²) in [5.74, 6) is 0. The molecule has 0 saturated carbocycles. The quantitative estimate of drug-likeness (QED) is 0.687. The Morgan fingerprint density at radius 3 is 1.47 bits per heavy atom. The predicted molar refractivity (Wildman–Crippen MR) is 65.2 cm³/mol. The highest BCUT2D eigenvalue weighted by atomic mass is 15.2. The Hall–Kier alpha value is -0.0800. The van der Waals surface area contributed by atoms with Gasteiger partial charge in [0.15, 0.2) is 0 Å². The van der Waals surface area contributed by atoms with Crippen LogP contribution in [0.4, 0.5) is 0 Å². The molecule has 0 amide bonds. The van der Waals surface area contributed by atoms with Crippen LogP contribution in [-0.4, -0.2) is 48.1 Å². The molecule has 2 heteroatoms. The maximum absolute atomic E-state index is 2.67. The van der Waals surface area contributed by atoms with E-state index in [0.717, 1.165) is 12.1 Å². The second-order valence-corrected chi connectivity index (χ2v) is 5.41.